The fraction of sp³-hybridized carbons (Fsp3) is 0.778. The van der Waals surface area contributed by atoms with Gasteiger partial charge in [0, 0.05) is 12.1 Å². The number of hydrogen-bond acceptors (Lipinski definition) is 1. The van der Waals surface area contributed by atoms with Crippen molar-refractivity contribution in [3.8, 4) is 0 Å². The van der Waals surface area contributed by atoms with E-state index in [0.717, 1.165) is 18.0 Å². The molecule has 1 saturated heterocycles. The van der Waals surface area contributed by atoms with Gasteiger partial charge < -0.3 is 4.90 Å². The number of likely N-dealkylation sites (tertiary alicyclic amines) is 1. The van der Waals surface area contributed by atoms with E-state index in [9.17, 15) is 0 Å². The molecule has 0 spiro atoms. The Hall–Kier alpha value is -0.460. The van der Waals surface area contributed by atoms with Gasteiger partial charge in [0.1, 0.15) is 0 Å². The molecule has 56 valence electrons. The van der Waals surface area contributed by atoms with Crippen LogP contribution >= 0.6 is 0 Å². The summed E-state index contributed by atoms with van der Waals surface area (Å²) in [7, 11) is 0. The van der Waals surface area contributed by atoms with Crippen molar-refractivity contribution in [2.45, 2.75) is 38.3 Å². The van der Waals surface area contributed by atoms with Crippen LogP contribution in [0.15, 0.2) is 12.8 Å². The first-order valence-corrected chi connectivity index (χ1v) is 4.23. The highest BCUT2D eigenvalue weighted by molar-refractivity contribution is 5.00. The molecule has 2 rings (SSSR count). The molecule has 0 N–H and O–H groups in total. The minimum absolute atomic E-state index is 0.774. The van der Waals surface area contributed by atoms with Crippen LogP contribution in [0.1, 0.15) is 26.2 Å². The molecule has 0 aromatic rings. The topological polar surface area (TPSA) is 3.24 Å². The van der Waals surface area contributed by atoms with Crippen molar-refractivity contribution in [3.05, 3.63) is 12.8 Å². The molecule has 0 radical (unpaired) electrons. The molecule has 1 saturated carbocycles. The summed E-state index contributed by atoms with van der Waals surface area (Å²) in [5, 5.41) is 0. The van der Waals surface area contributed by atoms with Gasteiger partial charge in [-0.2, -0.15) is 0 Å². The third-order valence-electron chi connectivity index (χ3n) is 3.23. The normalized spacial score (nSPS) is 44.5. The predicted octanol–water partition coefficient (Wildman–Crippen LogP) is 2.00. The van der Waals surface area contributed by atoms with Crippen LogP contribution in [0.5, 0.6) is 0 Å². The largest absolute Gasteiger partial charge is 0.372 e. The van der Waals surface area contributed by atoms with Crippen molar-refractivity contribution in [1.82, 2.24) is 4.90 Å². The molecule has 1 heteroatoms. The molecule has 1 aliphatic carbocycles. The van der Waals surface area contributed by atoms with Crippen LogP contribution in [0, 0.1) is 5.92 Å². The molecule has 10 heavy (non-hydrogen) atoms. The molecule has 3 atom stereocenters. The fourth-order valence-corrected chi connectivity index (χ4v) is 2.59. The van der Waals surface area contributed by atoms with E-state index in [1.807, 2.05) is 6.20 Å². The quantitative estimate of drug-likeness (QED) is 0.534. The van der Waals surface area contributed by atoms with E-state index < -0.39 is 0 Å². The highest BCUT2D eigenvalue weighted by atomic mass is 15.2. The highest BCUT2D eigenvalue weighted by Crippen LogP contribution is 2.41. The first-order valence-electron chi connectivity index (χ1n) is 4.23. The van der Waals surface area contributed by atoms with E-state index in [-0.39, 0.29) is 0 Å². The lowest BCUT2D eigenvalue weighted by atomic mass is 10.0. The lowest BCUT2D eigenvalue weighted by Gasteiger charge is -2.31. The Balaban J connectivity index is 2.16. The number of piperidine rings is 1. The van der Waals surface area contributed by atoms with E-state index in [1.165, 1.54) is 19.3 Å². The van der Waals surface area contributed by atoms with Crippen molar-refractivity contribution in [2.75, 3.05) is 0 Å². The zero-order valence-corrected chi connectivity index (χ0v) is 6.59. The molecule has 2 fully saturated rings. The molecular formula is C9H15N. The molecule has 1 nitrogen and oxygen atoms in total. The summed E-state index contributed by atoms with van der Waals surface area (Å²) in [6.45, 7) is 6.16. The maximum absolute atomic E-state index is 3.84. The van der Waals surface area contributed by atoms with E-state index >= 15 is 0 Å². The van der Waals surface area contributed by atoms with Crippen LogP contribution in [0.25, 0.3) is 0 Å². The lowest BCUT2D eigenvalue weighted by molar-refractivity contribution is 0.219. The molecule has 2 bridgehead atoms. The number of fused-ring (bicyclic) bond motifs is 2. The van der Waals surface area contributed by atoms with Crippen LogP contribution in [0.2, 0.25) is 0 Å². The Labute approximate surface area is 62.7 Å². The van der Waals surface area contributed by atoms with Gasteiger partial charge in [0.15, 0.2) is 0 Å². The summed E-state index contributed by atoms with van der Waals surface area (Å²) in [6, 6.07) is 1.62. The summed E-state index contributed by atoms with van der Waals surface area (Å²) in [4.78, 5) is 2.44. The minimum atomic E-state index is 0.774. The van der Waals surface area contributed by atoms with E-state index in [0.29, 0.717) is 0 Å². The molecule has 0 aromatic heterocycles. The smallest absolute Gasteiger partial charge is 0.0290 e. The summed E-state index contributed by atoms with van der Waals surface area (Å²) >= 11 is 0. The third-order valence-corrected chi connectivity index (χ3v) is 3.23. The summed E-state index contributed by atoms with van der Waals surface area (Å²) in [5.74, 6) is 0.975. The standard InChI is InChI=1S/C9H15N/c1-3-10-7(2)8-4-5-9(10)6-8/h3,7-9H,1,4-6H2,2H3. The van der Waals surface area contributed by atoms with Gasteiger partial charge in [0.25, 0.3) is 0 Å². The second-order valence-corrected chi connectivity index (χ2v) is 3.60. The Morgan fingerprint density at radius 3 is 2.70 bits per heavy atom. The Morgan fingerprint density at radius 1 is 1.50 bits per heavy atom. The summed E-state index contributed by atoms with van der Waals surface area (Å²) in [6.07, 6.45) is 6.30. The zero-order chi connectivity index (χ0) is 7.14. The van der Waals surface area contributed by atoms with Gasteiger partial charge in [-0.15, -0.1) is 0 Å². The SMILES string of the molecule is C=CN1C2CCC(C2)C1C. The lowest BCUT2D eigenvalue weighted by Crippen LogP contribution is -2.34. The summed E-state index contributed by atoms with van der Waals surface area (Å²) in [5.41, 5.74) is 0. The predicted molar refractivity (Wildman–Crippen MR) is 42.6 cm³/mol. The van der Waals surface area contributed by atoms with Crippen molar-refractivity contribution >= 4 is 0 Å². The van der Waals surface area contributed by atoms with Crippen LogP contribution < -0.4 is 0 Å². The van der Waals surface area contributed by atoms with Crippen molar-refractivity contribution in [2.24, 2.45) is 5.92 Å². The van der Waals surface area contributed by atoms with Crippen molar-refractivity contribution < 1.29 is 0 Å². The van der Waals surface area contributed by atoms with E-state index in [1.54, 1.807) is 0 Å². The Morgan fingerprint density at radius 2 is 2.30 bits per heavy atom. The van der Waals surface area contributed by atoms with Gasteiger partial charge >= 0.3 is 0 Å². The third kappa shape index (κ3) is 0.635. The monoisotopic (exact) mass is 137 g/mol. The first-order chi connectivity index (χ1) is 4.83. The Bertz CT molecular complexity index is 151. The van der Waals surface area contributed by atoms with Crippen LogP contribution in [-0.2, 0) is 0 Å². The molecule has 1 aliphatic heterocycles. The van der Waals surface area contributed by atoms with Gasteiger partial charge in [-0.25, -0.2) is 0 Å². The van der Waals surface area contributed by atoms with Crippen LogP contribution in [0.3, 0.4) is 0 Å². The molecule has 1 heterocycles. The number of nitrogens with zero attached hydrogens (tertiary/aromatic N) is 1. The second-order valence-electron chi connectivity index (χ2n) is 3.60. The maximum Gasteiger partial charge on any atom is 0.0290 e. The molecule has 0 amide bonds. The van der Waals surface area contributed by atoms with E-state index in [4.69, 9.17) is 0 Å². The average molecular weight is 137 g/mol. The molecule has 0 aromatic carbocycles. The molecular weight excluding hydrogens is 122 g/mol. The van der Waals surface area contributed by atoms with Gasteiger partial charge in [0.05, 0.1) is 0 Å². The van der Waals surface area contributed by atoms with Crippen molar-refractivity contribution in [1.29, 1.82) is 0 Å². The highest BCUT2D eigenvalue weighted by Gasteiger charge is 2.41. The molecule has 2 aliphatic rings. The van der Waals surface area contributed by atoms with Crippen LogP contribution in [-0.4, -0.2) is 17.0 Å². The van der Waals surface area contributed by atoms with Crippen LogP contribution in [0.4, 0.5) is 0 Å². The maximum atomic E-state index is 3.84. The molecule has 3 unspecified atom stereocenters. The average Bonchev–Trinajstić information content (AvgIpc) is 2.46. The second kappa shape index (κ2) is 2.01. The summed E-state index contributed by atoms with van der Waals surface area (Å²) < 4.78 is 0. The van der Waals surface area contributed by atoms with Gasteiger partial charge in [-0.1, -0.05) is 6.58 Å². The number of hydrogen-bond donors (Lipinski definition) is 0. The zero-order valence-electron chi connectivity index (χ0n) is 6.59. The number of rotatable bonds is 1. The van der Waals surface area contributed by atoms with E-state index in [2.05, 4.69) is 18.4 Å². The van der Waals surface area contributed by atoms with Gasteiger partial charge in [-0.3, -0.25) is 0 Å². The van der Waals surface area contributed by atoms with Gasteiger partial charge in [0.2, 0.25) is 0 Å². The Kier molecular flexibility index (Phi) is 1.26. The minimum Gasteiger partial charge on any atom is -0.372 e. The fourth-order valence-electron chi connectivity index (χ4n) is 2.59. The first kappa shape index (κ1) is 6.26. The van der Waals surface area contributed by atoms with Gasteiger partial charge in [-0.05, 0) is 38.3 Å². The van der Waals surface area contributed by atoms with Crippen molar-refractivity contribution in [3.63, 3.8) is 0 Å².